The van der Waals surface area contributed by atoms with Crippen molar-refractivity contribution in [3.8, 4) is 0 Å². The van der Waals surface area contributed by atoms with Crippen LogP contribution >= 0.6 is 0 Å². The molecule has 3 heterocycles. The Kier molecular flexibility index (Phi) is 5.77. The Labute approximate surface area is 165 Å². The second-order valence-corrected chi connectivity index (χ2v) is 8.12. The number of hydrogen-bond acceptors (Lipinski definition) is 5. The van der Waals surface area contributed by atoms with Crippen LogP contribution in [0, 0.1) is 0 Å². The van der Waals surface area contributed by atoms with Crippen molar-refractivity contribution in [1.82, 2.24) is 25.0 Å². The van der Waals surface area contributed by atoms with Crippen LogP contribution < -0.4 is 5.32 Å². The van der Waals surface area contributed by atoms with E-state index in [4.69, 9.17) is 0 Å². The number of amides is 2. The van der Waals surface area contributed by atoms with E-state index in [-0.39, 0.29) is 17.6 Å². The summed E-state index contributed by atoms with van der Waals surface area (Å²) >= 11 is 0. The average molecular weight is 387 g/mol. The Bertz CT molecular complexity index is 728. The maximum Gasteiger partial charge on any atom is 0.270 e. The lowest BCUT2D eigenvalue weighted by molar-refractivity contribution is -0.122. The van der Waals surface area contributed by atoms with E-state index in [0.29, 0.717) is 30.4 Å². The van der Waals surface area contributed by atoms with Gasteiger partial charge >= 0.3 is 0 Å². The third-order valence-electron chi connectivity index (χ3n) is 5.77. The fraction of sp³-hybridized carbons (Fsp3) is 0.650. The number of Topliss-reactive ketones (excluding diaryl/α,β-unsaturated/α-hetero) is 1. The average Bonchev–Trinajstić information content (AvgIpc) is 3.16. The molecule has 4 rings (SSSR count). The zero-order valence-electron chi connectivity index (χ0n) is 16.3. The molecule has 2 saturated heterocycles. The molecule has 8 nitrogen and oxygen atoms in total. The Balaban J connectivity index is 1.22. The van der Waals surface area contributed by atoms with E-state index in [0.717, 1.165) is 65.0 Å². The van der Waals surface area contributed by atoms with Gasteiger partial charge in [-0.1, -0.05) is 0 Å². The van der Waals surface area contributed by atoms with Crippen LogP contribution in [0.1, 0.15) is 46.5 Å². The van der Waals surface area contributed by atoms with E-state index in [9.17, 15) is 14.4 Å². The van der Waals surface area contributed by atoms with Gasteiger partial charge in [0.15, 0.2) is 5.78 Å². The maximum absolute atomic E-state index is 12.6. The largest absolute Gasteiger partial charge is 0.356 e. The van der Waals surface area contributed by atoms with E-state index in [2.05, 4.69) is 20.1 Å². The van der Waals surface area contributed by atoms with Crippen LogP contribution in [0.5, 0.6) is 0 Å². The van der Waals surface area contributed by atoms with Crippen molar-refractivity contribution in [3.63, 3.8) is 0 Å². The summed E-state index contributed by atoms with van der Waals surface area (Å²) in [6.45, 7) is 5.50. The van der Waals surface area contributed by atoms with Gasteiger partial charge in [0, 0.05) is 57.1 Å². The van der Waals surface area contributed by atoms with Gasteiger partial charge in [0.1, 0.15) is 5.69 Å². The maximum atomic E-state index is 12.6. The number of nitrogens with zero attached hydrogens (tertiary/aromatic N) is 3. The van der Waals surface area contributed by atoms with Crippen molar-refractivity contribution in [2.45, 2.75) is 31.7 Å². The van der Waals surface area contributed by atoms with Crippen molar-refractivity contribution < 1.29 is 14.4 Å². The molecular weight excluding hydrogens is 358 g/mol. The first-order valence-corrected chi connectivity index (χ1v) is 10.3. The van der Waals surface area contributed by atoms with Gasteiger partial charge in [0.2, 0.25) is 5.91 Å². The summed E-state index contributed by atoms with van der Waals surface area (Å²) in [5, 5.41) is 3.01. The van der Waals surface area contributed by atoms with Gasteiger partial charge in [-0.3, -0.25) is 24.2 Å². The van der Waals surface area contributed by atoms with Gasteiger partial charge < -0.3 is 15.2 Å². The molecule has 1 aromatic rings. The SMILES string of the molecule is O=C(CN1CCN(CC(=O)c2c[nH]c(C(=O)N3CCCC3)c2)CC1)NC1CC1. The van der Waals surface area contributed by atoms with E-state index in [1.807, 2.05) is 4.90 Å². The summed E-state index contributed by atoms with van der Waals surface area (Å²) in [4.78, 5) is 46.0. The molecule has 1 saturated carbocycles. The van der Waals surface area contributed by atoms with Gasteiger partial charge in [0.05, 0.1) is 13.1 Å². The second-order valence-electron chi connectivity index (χ2n) is 8.12. The number of aromatic amines is 1. The fourth-order valence-electron chi connectivity index (χ4n) is 3.87. The molecule has 28 heavy (non-hydrogen) atoms. The smallest absolute Gasteiger partial charge is 0.270 e. The molecule has 2 amide bonds. The molecule has 3 fully saturated rings. The number of piperazine rings is 1. The number of carbonyl (C=O) groups excluding carboxylic acids is 3. The summed E-state index contributed by atoms with van der Waals surface area (Å²) in [6, 6.07) is 2.08. The van der Waals surface area contributed by atoms with Gasteiger partial charge in [-0.15, -0.1) is 0 Å². The number of ketones is 1. The lowest BCUT2D eigenvalue weighted by atomic mass is 10.2. The third-order valence-corrected chi connectivity index (χ3v) is 5.77. The van der Waals surface area contributed by atoms with Crippen molar-refractivity contribution in [2.75, 3.05) is 52.4 Å². The van der Waals surface area contributed by atoms with Crippen LogP contribution in [-0.2, 0) is 4.79 Å². The van der Waals surface area contributed by atoms with Gasteiger partial charge in [-0.05, 0) is 31.7 Å². The molecule has 1 aromatic heterocycles. The molecule has 0 aromatic carbocycles. The molecule has 3 aliphatic rings. The first-order chi connectivity index (χ1) is 13.6. The summed E-state index contributed by atoms with van der Waals surface area (Å²) in [7, 11) is 0. The van der Waals surface area contributed by atoms with E-state index >= 15 is 0 Å². The van der Waals surface area contributed by atoms with Crippen LogP contribution in [0.25, 0.3) is 0 Å². The van der Waals surface area contributed by atoms with Crippen LogP contribution in [0.4, 0.5) is 0 Å². The lowest BCUT2D eigenvalue weighted by Crippen LogP contribution is -2.50. The zero-order chi connectivity index (χ0) is 19.5. The van der Waals surface area contributed by atoms with Crippen LogP contribution in [0.3, 0.4) is 0 Å². The number of H-pyrrole nitrogens is 1. The number of likely N-dealkylation sites (tertiary alicyclic amines) is 1. The molecule has 2 aliphatic heterocycles. The Morgan fingerprint density at radius 1 is 0.964 bits per heavy atom. The van der Waals surface area contributed by atoms with Crippen molar-refractivity contribution in [3.05, 3.63) is 23.5 Å². The van der Waals surface area contributed by atoms with Crippen LogP contribution in [0.15, 0.2) is 12.3 Å². The van der Waals surface area contributed by atoms with E-state index in [1.165, 1.54) is 0 Å². The van der Waals surface area contributed by atoms with Gasteiger partial charge in [-0.25, -0.2) is 0 Å². The summed E-state index contributed by atoms with van der Waals surface area (Å²) < 4.78 is 0. The topological polar surface area (TPSA) is 88.8 Å². The van der Waals surface area contributed by atoms with Crippen LogP contribution in [-0.4, -0.2) is 95.7 Å². The van der Waals surface area contributed by atoms with E-state index in [1.54, 1.807) is 12.3 Å². The predicted molar refractivity (Wildman–Crippen MR) is 104 cm³/mol. The molecule has 152 valence electrons. The van der Waals surface area contributed by atoms with Gasteiger partial charge in [-0.2, -0.15) is 0 Å². The molecular formula is C20H29N5O3. The van der Waals surface area contributed by atoms with Crippen molar-refractivity contribution in [2.24, 2.45) is 0 Å². The number of hydrogen-bond donors (Lipinski definition) is 2. The quantitative estimate of drug-likeness (QED) is 0.659. The normalized spacial score (nSPS) is 21.1. The number of aromatic nitrogens is 1. The van der Waals surface area contributed by atoms with Crippen molar-refractivity contribution in [1.29, 1.82) is 0 Å². The summed E-state index contributed by atoms with van der Waals surface area (Å²) in [5.41, 5.74) is 1.06. The van der Waals surface area contributed by atoms with Gasteiger partial charge in [0.25, 0.3) is 5.91 Å². The Hall–Kier alpha value is -2.19. The summed E-state index contributed by atoms with van der Waals surface area (Å²) in [6.07, 6.45) is 5.95. The minimum Gasteiger partial charge on any atom is -0.356 e. The molecule has 0 unspecified atom stereocenters. The monoisotopic (exact) mass is 387 g/mol. The molecule has 8 heteroatoms. The highest BCUT2D eigenvalue weighted by atomic mass is 16.2. The first kappa shape index (κ1) is 19.1. The fourth-order valence-corrected chi connectivity index (χ4v) is 3.87. The molecule has 0 atom stereocenters. The molecule has 1 aliphatic carbocycles. The zero-order valence-corrected chi connectivity index (χ0v) is 16.3. The predicted octanol–water partition coefficient (Wildman–Crippen LogP) is 0.330. The number of carbonyl (C=O) groups is 3. The molecule has 0 bridgehead atoms. The van der Waals surface area contributed by atoms with Crippen molar-refractivity contribution >= 4 is 17.6 Å². The minimum absolute atomic E-state index is 0.0189. The Morgan fingerprint density at radius 2 is 1.61 bits per heavy atom. The van der Waals surface area contributed by atoms with E-state index < -0.39 is 0 Å². The van der Waals surface area contributed by atoms with Crippen LogP contribution in [0.2, 0.25) is 0 Å². The highest BCUT2D eigenvalue weighted by Gasteiger charge is 2.26. The Morgan fingerprint density at radius 3 is 2.25 bits per heavy atom. The number of nitrogens with one attached hydrogen (secondary N) is 2. The number of rotatable bonds is 7. The molecule has 0 spiro atoms. The first-order valence-electron chi connectivity index (χ1n) is 10.3. The molecule has 2 N–H and O–H groups in total. The third kappa shape index (κ3) is 4.80. The minimum atomic E-state index is -0.0189. The lowest BCUT2D eigenvalue weighted by Gasteiger charge is -2.33. The summed E-state index contributed by atoms with van der Waals surface area (Å²) in [5.74, 6) is 0.112. The standard InChI is InChI=1S/C20H29N5O3/c26-18(15-11-17(21-12-15)20(28)25-5-1-2-6-25)13-23-7-9-24(10-8-23)14-19(27)22-16-3-4-16/h11-12,16,21H,1-10,13-14H2,(H,22,27). The highest BCUT2D eigenvalue weighted by molar-refractivity contribution is 6.01. The molecule has 0 radical (unpaired) electrons. The highest BCUT2D eigenvalue weighted by Crippen LogP contribution is 2.18. The second kappa shape index (κ2) is 8.45.